The zero-order valence-electron chi connectivity index (χ0n) is 9.15. The lowest BCUT2D eigenvalue weighted by molar-refractivity contribution is 0.155. The number of rotatable bonds is 3. The van der Waals surface area contributed by atoms with E-state index in [1.807, 2.05) is 36.4 Å². The highest BCUT2D eigenvalue weighted by Gasteiger charge is 2.08. The molecule has 1 aromatic heterocycles. The highest BCUT2D eigenvalue weighted by Crippen LogP contribution is 2.35. The third-order valence-electron chi connectivity index (χ3n) is 2.08. The third-order valence-corrected chi connectivity index (χ3v) is 5.25. The number of halogens is 2. The number of thiophene rings is 1. The molecule has 0 unspecified atom stereocenters. The molecule has 1 aromatic carbocycles. The molecule has 0 aliphatic carbocycles. The van der Waals surface area contributed by atoms with Gasteiger partial charge in [-0.05, 0) is 43.5 Å². The van der Waals surface area contributed by atoms with E-state index in [1.54, 1.807) is 0 Å². The molecule has 0 bridgehead atoms. The van der Waals surface area contributed by atoms with Crippen molar-refractivity contribution in [1.82, 2.24) is 0 Å². The van der Waals surface area contributed by atoms with E-state index < -0.39 is 6.09 Å². The topological polar surface area (TPSA) is 38.3 Å². The molecule has 2 rings (SSSR count). The van der Waals surface area contributed by atoms with Gasteiger partial charge in [0.2, 0.25) is 0 Å². The number of carbonyl (C=O) groups excluding carboxylic acids is 1. The van der Waals surface area contributed by atoms with Crippen molar-refractivity contribution in [3.05, 3.63) is 50.2 Å². The Morgan fingerprint density at radius 2 is 2.00 bits per heavy atom. The van der Waals surface area contributed by atoms with E-state index in [9.17, 15) is 4.79 Å². The van der Waals surface area contributed by atoms with Crippen molar-refractivity contribution < 1.29 is 9.53 Å². The molecule has 94 valence electrons. The van der Waals surface area contributed by atoms with Crippen LogP contribution in [0.2, 0.25) is 0 Å². The number of ether oxygens (including phenoxy) is 1. The Balaban J connectivity index is 1.86. The fourth-order valence-corrected chi connectivity index (χ4v) is 3.19. The van der Waals surface area contributed by atoms with Crippen LogP contribution in [0.4, 0.5) is 9.80 Å². The first-order valence-corrected chi connectivity index (χ1v) is 7.48. The number of nitrogens with one attached hydrogen (secondary N) is 1. The quantitative estimate of drug-likeness (QED) is 0.798. The Labute approximate surface area is 125 Å². The highest BCUT2D eigenvalue weighted by atomic mass is 79.9. The van der Waals surface area contributed by atoms with E-state index in [1.165, 1.54) is 11.3 Å². The van der Waals surface area contributed by atoms with Crippen LogP contribution in [0.5, 0.6) is 0 Å². The minimum atomic E-state index is -0.458. The normalized spacial score (nSPS) is 10.1. The Morgan fingerprint density at radius 1 is 1.28 bits per heavy atom. The van der Waals surface area contributed by atoms with Crippen LogP contribution in [0, 0.1) is 0 Å². The summed E-state index contributed by atoms with van der Waals surface area (Å²) in [5, 5.41) is 3.40. The molecular weight excluding hydrogens is 382 g/mol. The van der Waals surface area contributed by atoms with Crippen molar-refractivity contribution >= 4 is 54.3 Å². The van der Waals surface area contributed by atoms with Crippen LogP contribution in [-0.2, 0) is 11.3 Å². The minimum absolute atomic E-state index is 0.264. The van der Waals surface area contributed by atoms with Crippen LogP contribution in [-0.4, -0.2) is 6.09 Å². The SMILES string of the molecule is O=C(Nc1cc(Br)c(Br)s1)OCc1ccccc1. The fraction of sp³-hybridized carbons (Fsp3) is 0.0833. The molecule has 2 aromatic rings. The summed E-state index contributed by atoms with van der Waals surface area (Å²) in [6.07, 6.45) is -0.458. The van der Waals surface area contributed by atoms with Gasteiger partial charge in [0.15, 0.2) is 0 Å². The van der Waals surface area contributed by atoms with Gasteiger partial charge in [0.1, 0.15) is 6.61 Å². The summed E-state index contributed by atoms with van der Waals surface area (Å²) in [6, 6.07) is 11.4. The maximum atomic E-state index is 11.5. The third kappa shape index (κ3) is 3.83. The molecule has 1 N–H and O–H groups in total. The summed E-state index contributed by atoms with van der Waals surface area (Å²) in [6.45, 7) is 0.264. The average Bonchev–Trinajstić information content (AvgIpc) is 2.67. The van der Waals surface area contributed by atoms with Crippen LogP contribution in [0.15, 0.2) is 44.7 Å². The first kappa shape index (κ1) is 13.6. The Bertz CT molecular complexity index is 523. The molecule has 0 aliphatic heterocycles. The van der Waals surface area contributed by atoms with Gasteiger partial charge in [-0.3, -0.25) is 5.32 Å². The van der Waals surface area contributed by atoms with Crippen molar-refractivity contribution in [2.75, 3.05) is 5.32 Å². The molecule has 6 heteroatoms. The van der Waals surface area contributed by atoms with E-state index in [0.717, 1.165) is 18.8 Å². The van der Waals surface area contributed by atoms with Gasteiger partial charge in [0.05, 0.1) is 8.79 Å². The van der Waals surface area contributed by atoms with Crippen molar-refractivity contribution in [2.45, 2.75) is 6.61 Å². The molecular formula is C12H9Br2NO2S. The number of hydrogen-bond donors (Lipinski definition) is 1. The number of benzene rings is 1. The predicted molar refractivity (Wildman–Crippen MR) is 80.0 cm³/mol. The Kier molecular flexibility index (Phi) is 4.79. The molecule has 0 atom stereocenters. The summed E-state index contributed by atoms with van der Waals surface area (Å²) >= 11 is 8.14. The molecule has 18 heavy (non-hydrogen) atoms. The highest BCUT2D eigenvalue weighted by molar-refractivity contribution is 9.13. The second-order valence-corrected chi connectivity index (χ2v) is 6.64. The largest absolute Gasteiger partial charge is 0.444 e. The molecule has 0 spiro atoms. The van der Waals surface area contributed by atoms with Gasteiger partial charge in [0, 0.05) is 4.47 Å². The summed E-state index contributed by atoms with van der Waals surface area (Å²) < 4.78 is 6.95. The van der Waals surface area contributed by atoms with E-state index >= 15 is 0 Å². The lowest BCUT2D eigenvalue weighted by Gasteiger charge is -2.04. The van der Waals surface area contributed by atoms with Crippen molar-refractivity contribution in [3.63, 3.8) is 0 Å². The van der Waals surface area contributed by atoms with Crippen LogP contribution < -0.4 is 5.32 Å². The van der Waals surface area contributed by atoms with E-state index in [0.29, 0.717) is 0 Å². The maximum absolute atomic E-state index is 11.5. The second kappa shape index (κ2) is 6.36. The van der Waals surface area contributed by atoms with Gasteiger partial charge in [-0.1, -0.05) is 30.3 Å². The predicted octanol–water partition coefficient (Wildman–Crippen LogP) is 5.02. The van der Waals surface area contributed by atoms with Crippen LogP contribution in [0.3, 0.4) is 0 Å². The fourth-order valence-electron chi connectivity index (χ4n) is 1.27. The number of carbonyl (C=O) groups is 1. The first-order chi connectivity index (χ1) is 8.65. The summed E-state index contributed by atoms with van der Waals surface area (Å²) in [7, 11) is 0. The van der Waals surface area contributed by atoms with Crippen molar-refractivity contribution in [1.29, 1.82) is 0 Å². The Hall–Kier alpha value is -0.850. The molecule has 1 heterocycles. The molecule has 0 fully saturated rings. The molecule has 0 radical (unpaired) electrons. The van der Waals surface area contributed by atoms with Crippen LogP contribution in [0.1, 0.15) is 5.56 Å². The number of anilines is 1. The van der Waals surface area contributed by atoms with Crippen molar-refractivity contribution in [3.8, 4) is 0 Å². The maximum Gasteiger partial charge on any atom is 0.412 e. The first-order valence-electron chi connectivity index (χ1n) is 5.07. The average molecular weight is 391 g/mol. The zero-order chi connectivity index (χ0) is 13.0. The van der Waals surface area contributed by atoms with Gasteiger partial charge in [-0.2, -0.15) is 0 Å². The number of amides is 1. The second-order valence-electron chi connectivity index (χ2n) is 3.42. The smallest absolute Gasteiger partial charge is 0.412 e. The van der Waals surface area contributed by atoms with E-state index in [2.05, 4.69) is 37.2 Å². The summed E-state index contributed by atoms with van der Waals surface area (Å²) in [4.78, 5) is 11.5. The van der Waals surface area contributed by atoms with E-state index in [-0.39, 0.29) is 6.61 Å². The lowest BCUT2D eigenvalue weighted by atomic mass is 10.2. The van der Waals surface area contributed by atoms with E-state index in [4.69, 9.17) is 4.74 Å². The molecule has 1 amide bonds. The van der Waals surface area contributed by atoms with Gasteiger partial charge >= 0.3 is 6.09 Å². The molecule has 0 saturated heterocycles. The molecule has 3 nitrogen and oxygen atoms in total. The number of hydrogen-bond acceptors (Lipinski definition) is 3. The van der Waals surface area contributed by atoms with Gasteiger partial charge in [-0.15, -0.1) is 11.3 Å². The minimum Gasteiger partial charge on any atom is -0.444 e. The van der Waals surface area contributed by atoms with Crippen LogP contribution in [0.25, 0.3) is 0 Å². The lowest BCUT2D eigenvalue weighted by Crippen LogP contribution is -2.12. The van der Waals surface area contributed by atoms with Crippen molar-refractivity contribution in [2.24, 2.45) is 0 Å². The zero-order valence-corrected chi connectivity index (χ0v) is 13.1. The summed E-state index contributed by atoms with van der Waals surface area (Å²) in [5.74, 6) is 0. The Morgan fingerprint density at radius 3 is 2.61 bits per heavy atom. The van der Waals surface area contributed by atoms with Gasteiger partial charge in [-0.25, -0.2) is 4.79 Å². The molecule has 0 saturated carbocycles. The molecule has 0 aliphatic rings. The summed E-state index contributed by atoms with van der Waals surface area (Å²) in [5.41, 5.74) is 0.959. The van der Waals surface area contributed by atoms with Gasteiger partial charge < -0.3 is 4.74 Å². The van der Waals surface area contributed by atoms with Crippen LogP contribution >= 0.6 is 43.2 Å². The van der Waals surface area contributed by atoms with Gasteiger partial charge in [0.25, 0.3) is 0 Å². The monoisotopic (exact) mass is 389 g/mol. The standard InChI is InChI=1S/C12H9Br2NO2S/c13-9-6-10(18-11(9)14)15-12(16)17-7-8-4-2-1-3-5-8/h1-6H,7H2,(H,15,16).